The molecule has 2 atom stereocenters. The van der Waals surface area contributed by atoms with Crippen molar-refractivity contribution >= 4 is 0 Å². The highest BCUT2D eigenvalue weighted by Gasteiger charge is 2.38. The van der Waals surface area contributed by atoms with Crippen molar-refractivity contribution in [3.8, 4) is 0 Å². The number of likely N-dealkylation sites (N-methyl/N-ethyl adjacent to an activating group) is 1. The summed E-state index contributed by atoms with van der Waals surface area (Å²) in [5.74, 6) is 0.906. The number of nitrogens with two attached hydrogens (primary N) is 1. The number of hydrogen-bond donors (Lipinski definition) is 1. The average Bonchev–Trinajstić information content (AvgIpc) is 2.35. The molecule has 16 heavy (non-hydrogen) atoms. The Bertz CT molecular complexity index is 193. The van der Waals surface area contributed by atoms with Crippen LogP contribution in [0.2, 0.25) is 0 Å². The summed E-state index contributed by atoms with van der Waals surface area (Å²) in [4.78, 5) is 2.65. The first-order chi connectivity index (χ1) is 7.72. The van der Waals surface area contributed by atoms with E-state index in [2.05, 4.69) is 25.7 Å². The van der Waals surface area contributed by atoms with Gasteiger partial charge >= 0.3 is 0 Å². The van der Waals surface area contributed by atoms with E-state index in [1.165, 1.54) is 45.1 Å². The molecule has 0 heterocycles. The van der Waals surface area contributed by atoms with E-state index in [-0.39, 0.29) is 0 Å². The molecular formula is C14H30N2. The minimum Gasteiger partial charge on any atom is -0.329 e. The summed E-state index contributed by atoms with van der Waals surface area (Å²) < 4.78 is 0. The molecule has 0 aliphatic heterocycles. The van der Waals surface area contributed by atoms with Gasteiger partial charge in [-0.15, -0.1) is 0 Å². The Morgan fingerprint density at radius 2 is 2.06 bits per heavy atom. The number of rotatable bonds is 6. The molecule has 96 valence electrons. The standard InChI is InChI=1S/C14H30N2/c1-4-10-16(6-3)14(12-15)9-7-8-13(5-2)11-14/h13H,4-12,15H2,1-3H3. The largest absolute Gasteiger partial charge is 0.329 e. The Morgan fingerprint density at radius 1 is 1.31 bits per heavy atom. The monoisotopic (exact) mass is 226 g/mol. The van der Waals surface area contributed by atoms with Gasteiger partial charge in [-0.3, -0.25) is 4.90 Å². The highest BCUT2D eigenvalue weighted by molar-refractivity contribution is 4.96. The van der Waals surface area contributed by atoms with Crippen LogP contribution < -0.4 is 5.73 Å². The van der Waals surface area contributed by atoms with Crippen molar-refractivity contribution in [1.29, 1.82) is 0 Å². The van der Waals surface area contributed by atoms with Crippen LogP contribution in [0, 0.1) is 5.92 Å². The molecule has 0 aromatic heterocycles. The quantitative estimate of drug-likeness (QED) is 0.754. The predicted molar refractivity (Wildman–Crippen MR) is 71.6 cm³/mol. The molecule has 2 unspecified atom stereocenters. The first-order valence-electron chi connectivity index (χ1n) is 7.17. The third-order valence-corrected chi connectivity index (χ3v) is 4.43. The summed E-state index contributed by atoms with van der Waals surface area (Å²) >= 11 is 0. The summed E-state index contributed by atoms with van der Waals surface area (Å²) in [5, 5.41) is 0. The van der Waals surface area contributed by atoms with Crippen LogP contribution in [0.1, 0.15) is 59.3 Å². The van der Waals surface area contributed by atoms with Crippen LogP contribution >= 0.6 is 0 Å². The van der Waals surface area contributed by atoms with E-state index in [9.17, 15) is 0 Å². The van der Waals surface area contributed by atoms with Gasteiger partial charge in [-0.05, 0) is 38.3 Å². The van der Waals surface area contributed by atoms with E-state index >= 15 is 0 Å². The molecule has 1 rings (SSSR count). The van der Waals surface area contributed by atoms with Crippen LogP contribution in [0.15, 0.2) is 0 Å². The van der Waals surface area contributed by atoms with E-state index in [1.54, 1.807) is 0 Å². The molecule has 0 spiro atoms. The second kappa shape index (κ2) is 6.61. The fraction of sp³-hybridized carbons (Fsp3) is 1.00. The predicted octanol–water partition coefficient (Wildman–Crippen LogP) is 3.02. The lowest BCUT2D eigenvalue weighted by Crippen LogP contribution is -2.56. The maximum atomic E-state index is 6.12. The van der Waals surface area contributed by atoms with Crippen molar-refractivity contribution in [1.82, 2.24) is 4.90 Å². The van der Waals surface area contributed by atoms with Gasteiger partial charge in [0.05, 0.1) is 0 Å². The lowest BCUT2D eigenvalue weighted by atomic mass is 9.73. The van der Waals surface area contributed by atoms with Crippen LogP contribution in [-0.2, 0) is 0 Å². The Labute approximate surface area is 102 Å². The first-order valence-corrected chi connectivity index (χ1v) is 7.17. The highest BCUT2D eigenvalue weighted by atomic mass is 15.2. The van der Waals surface area contributed by atoms with Gasteiger partial charge in [0, 0.05) is 12.1 Å². The second-order valence-electron chi connectivity index (χ2n) is 5.38. The zero-order valence-corrected chi connectivity index (χ0v) is 11.5. The maximum absolute atomic E-state index is 6.12. The van der Waals surface area contributed by atoms with Gasteiger partial charge in [-0.2, -0.15) is 0 Å². The zero-order valence-electron chi connectivity index (χ0n) is 11.5. The van der Waals surface area contributed by atoms with Gasteiger partial charge in [0.25, 0.3) is 0 Å². The van der Waals surface area contributed by atoms with Crippen LogP contribution in [0.4, 0.5) is 0 Å². The van der Waals surface area contributed by atoms with Crippen molar-refractivity contribution in [2.45, 2.75) is 64.8 Å². The molecule has 2 N–H and O–H groups in total. The Kier molecular flexibility index (Phi) is 5.77. The molecule has 0 radical (unpaired) electrons. The van der Waals surface area contributed by atoms with Crippen LogP contribution in [-0.4, -0.2) is 30.1 Å². The minimum absolute atomic E-state index is 0.323. The fourth-order valence-corrected chi connectivity index (χ4v) is 3.41. The second-order valence-corrected chi connectivity index (χ2v) is 5.38. The van der Waals surface area contributed by atoms with Crippen LogP contribution in [0.3, 0.4) is 0 Å². The molecule has 1 fully saturated rings. The third-order valence-electron chi connectivity index (χ3n) is 4.43. The summed E-state index contributed by atoms with van der Waals surface area (Å²) in [5.41, 5.74) is 6.44. The van der Waals surface area contributed by atoms with Crippen molar-refractivity contribution < 1.29 is 0 Å². The fourth-order valence-electron chi connectivity index (χ4n) is 3.41. The van der Waals surface area contributed by atoms with Crippen molar-refractivity contribution in [2.24, 2.45) is 11.7 Å². The molecule has 1 saturated carbocycles. The minimum atomic E-state index is 0.323. The van der Waals surface area contributed by atoms with E-state index in [1.807, 2.05) is 0 Å². The maximum Gasteiger partial charge on any atom is 0.0334 e. The Balaban J connectivity index is 2.73. The SMILES string of the molecule is CCCN(CC)C1(CN)CCCC(CC)C1. The topological polar surface area (TPSA) is 29.3 Å². The molecule has 2 heteroatoms. The molecule has 2 nitrogen and oxygen atoms in total. The normalized spacial score (nSPS) is 30.9. The lowest BCUT2D eigenvalue weighted by Gasteiger charge is -2.48. The third kappa shape index (κ3) is 2.98. The number of hydrogen-bond acceptors (Lipinski definition) is 2. The highest BCUT2D eigenvalue weighted by Crippen LogP contribution is 2.37. The molecule has 0 bridgehead atoms. The van der Waals surface area contributed by atoms with E-state index in [4.69, 9.17) is 5.73 Å². The van der Waals surface area contributed by atoms with Gasteiger partial charge in [0.1, 0.15) is 0 Å². The van der Waals surface area contributed by atoms with Crippen LogP contribution in [0.25, 0.3) is 0 Å². The summed E-state index contributed by atoms with van der Waals surface area (Å²) in [6.45, 7) is 10.1. The van der Waals surface area contributed by atoms with E-state index < -0.39 is 0 Å². The van der Waals surface area contributed by atoms with Gasteiger partial charge in [-0.1, -0.05) is 40.0 Å². The Hall–Kier alpha value is -0.0800. The van der Waals surface area contributed by atoms with Gasteiger partial charge < -0.3 is 5.73 Å². The molecular weight excluding hydrogens is 196 g/mol. The molecule has 0 saturated heterocycles. The average molecular weight is 226 g/mol. The molecule has 1 aliphatic rings. The Morgan fingerprint density at radius 3 is 2.56 bits per heavy atom. The summed E-state index contributed by atoms with van der Waals surface area (Å²) in [6.07, 6.45) is 8.00. The molecule has 1 aliphatic carbocycles. The summed E-state index contributed by atoms with van der Waals surface area (Å²) in [6, 6.07) is 0. The van der Waals surface area contributed by atoms with Crippen molar-refractivity contribution in [3.63, 3.8) is 0 Å². The lowest BCUT2D eigenvalue weighted by molar-refractivity contribution is 0.0388. The first kappa shape index (κ1) is 14.0. The van der Waals surface area contributed by atoms with E-state index in [0.717, 1.165) is 19.0 Å². The van der Waals surface area contributed by atoms with Gasteiger partial charge in [0.15, 0.2) is 0 Å². The van der Waals surface area contributed by atoms with E-state index in [0.29, 0.717) is 5.54 Å². The molecule has 0 aromatic carbocycles. The van der Waals surface area contributed by atoms with Crippen LogP contribution in [0.5, 0.6) is 0 Å². The molecule has 0 aromatic rings. The smallest absolute Gasteiger partial charge is 0.0334 e. The molecule has 0 amide bonds. The van der Waals surface area contributed by atoms with Gasteiger partial charge in [0.2, 0.25) is 0 Å². The van der Waals surface area contributed by atoms with Crippen molar-refractivity contribution in [3.05, 3.63) is 0 Å². The summed E-state index contributed by atoms with van der Waals surface area (Å²) in [7, 11) is 0. The zero-order chi connectivity index (χ0) is 12.0. The van der Waals surface area contributed by atoms with Crippen molar-refractivity contribution in [2.75, 3.05) is 19.6 Å². The van der Waals surface area contributed by atoms with Gasteiger partial charge in [-0.25, -0.2) is 0 Å². The number of nitrogens with zero attached hydrogens (tertiary/aromatic N) is 1.